The van der Waals surface area contributed by atoms with Crippen molar-refractivity contribution in [3.05, 3.63) is 101 Å². The Morgan fingerprint density at radius 2 is 1.63 bits per heavy atom. The summed E-state index contributed by atoms with van der Waals surface area (Å²) in [4.78, 5) is 28.6. The Bertz CT molecular complexity index is 1370. The van der Waals surface area contributed by atoms with Crippen molar-refractivity contribution in [1.29, 1.82) is 0 Å². The maximum atomic E-state index is 14.7. The molecule has 0 aliphatic rings. The van der Waals surface area contributed by atoms with E-state index in [0.29, 0.717) is 5.02 Å². The molecule has 1 N–H and O–H groups in total. The predicted molar refractivity (Wildman–Crippen MR) is 148 cm³/mol. The van der Waals surface area contributed by atoms with Crippen LogP contribution in [0.25, 0.3) is 0 Å². The van der Waals surface area contributed by atoms with Gasteiger partial charge in [-0.25, -0.2) is 12.8 Å². The monoisotopic (exact) mass is 559 g/mol. The highest BCUT2D eigenvalue weighted by atomic mass is 35.5. The van der Waals surface area contributed by atoms with Crippen LogP contribution in [0.2, 0.25) is 5.02 Å². The number of benzene rings is 3. The normalized spacial score (nSPS) is 12.2. The Hall–Kier alpha value is -3.43. The Morgan fingerprint density at radius 1 is 0.974 bits per heavy atom. The molecule has 0 saturated heterocycles. The lowest BCUT2D eigenvalue weighted by Crippen LogP contribution is -2.54. The SMILES string of the molecule is CC(C)NC(=O)[C@H](Cc1ccccc1)N(Cc1ccccc1F)C(=O)CN(c1cccc(Cl)c1)S(C)(=O)=O. The molecule has 1 atom stereocenters. The number of amides is 2. The van der Waals surface area contributed by atoms with Crippen LogP contribution in [0.15, 0.2) is 78.9 Å². The van der Waals surface area contributed by atoms with Crippen LogP contribution in [0.1, 0.15) is 25.0 Å². The summed E-state index contributed by atoms with van der Waals surface area (Å²) in [7, 11) is -3.92. The second kappa shape index (κ2) is 12.9. The number of anilines is 1. The quantitative estimate of drug-likeness (QED) is 0.377. The van der Waals surface area contributed by atoms with E-state index in [0.717, 1.165) is 16.1 Å². The first-order valence-corrected chi connectivity index (χ1v) is 14.3. The van der Waals surface area contributed by atoms with Crippen molar-refractivity contribution in [2.45, 2.75) is 38.9 Å². The van der Waals surface area contributed by atoms with Gasteiger partial charge in [-0.15, -0.1) is 0 Å². The van der Waals surface area contributed by atoms with Crippen molar-refractivity contribution >= 4 is 39.1 Å². The first-order chi connectivity index (χ1) is 18.0. The molecule has 202 valence electrons. The number of carbonyl (C=O) groups excluding carboxylic acids is 2. The molecule has 0 saturated carbocycles. The number of carbonyl (C=O) groups is 2. The zero-order valence-electron chi connectivity index (χ0n) is 21.5. The number of rotatable bonds is 11. The second-order valence-corrected chi connectivity index (χ2v) is 11.6. The van der Waals surface area contributed by atoms with Crippen molar-refractivity contribution in [3.63, 3.8) is 0 Å². The fraction of sp³-hybridized carbons (Fsp3) is 0.286. The lowest BCUT2D eigenvalue weighted by Gasteiger charge is -2.34. The number of nitrogens with zero attached hydrogens (tertiary/aromatic N) is 2. The second-order valence-electron chi connectivity index (χ2n) is 9.23. The van der Waals surface area contributed by atoms with Gasteiger partial charge in [0.15, 0.2) is 0 Å². The first-order valence-electron chi connectivity index (χ1n) is 12.1. The van der Waals surface area contributed by atoms with E-state index in [1.165, 1.54) is 35.2 Å². The number of hydrogen-bond donors (Lipinski definition) is 1. The maximum Gasteiger partial charge on any atom is 0.244 e. The van der Waals surface area contributed by atoms with E-state index in [9.17, 15) is 22.4 Å². The van der Waals surface area contributed by atoms with Gasteiger partial charge in [0.05, 0.1) is 11.9 Å². The van der Waals surface area contributed by atoms with Crippen LogP contribution in [0, 0.1) is 5.82 Å². The molecule has 0 heterocycles. The standard InChI is InChI=1S/C28H31ClFN3O4S/c1-20(2)31-28(35)26(16-21-10-5-4-6-11-21)32(18-22-12-7-8-15-25(22)30)27(34)19-33(38(3,36)37)24-14-9-13-23(29)17-24/h4-15,17,20,26H,16,18-19H2,1-3H3,(H,31,35)/t26-/m0/s1. The molecular formula is C28H31ClFN3O4S. The largest absolute Gasteiger partial charge is 0.352 e. The number of halogens is 2. The van der Waals surface area contributed by atoms with Crippen LogP contribution in [0.3, 0.4) is 0 Å². The molecule has 0 aromatic heterocycles. The van der Waals surface area contributed by atoms with Gasteiger partial charge in [-0.1, -0.05) is 66.2 Å². The highest BCUT2D eigenvalue weighted by Gasteiger charge is 2.33. The first kappa shape index (κ1) is 29.1. The van der Waals surface area contributed by atoms with E-state index >= 15 is 0 Å². The highest BCUT2D eigenvalue weighted by Crippen LogP contribution is 2.23. The van der Waals surface area contributed by atoms with Crippen LogP contribution < -0.4 is 9.62 Å². The summed E-state index contributed by atoms with van der Waals surface area (Å²) < 4.78 is 41.1. The Balaban J connectivity index is 2.07. The molecule has 0 spiro atoms. The van der Waals surface area contributed by atoms with Gasteiger partial charge in [0.1, 0.15) is 18.4 Å². The summed E-state index contributed by atoms with van der Waals surface area (Å²) in [6.07, 6.45) is 1.13. The third kappa shape index (κ3) is 8.03. The van der Waals surface area contributed by atoms with Crippen LogP contribution in [0.4, 0.5) is 10.1 Å². The Kier molecular flexibility index (Phi) is 9.88. The summed E-state index contributed by atoms with van der Waals surface area (Å²) in [6.45, 7) is 2.76. The smallest absolute Gasteiger partial charge is 0.244 e. The number of sulfonamides is 1. The molecule has 0 fully saturated rings. The molecule has 0 aliphatic carbocycles. The number of hydrogen-bond acceptors (Lipinski definition) is 4. The minimum Gasteiger partial charge on any atom is -0.352 e. The minimum atomic E-state index is -3.92. The van der Waals surface area contributed by atoms with Gasteiger partial charge in [0.2, 0.25) is 21.8 Å². The topological polar surface area (TPSA) is 86.8 Å². The van der Waals surface area contributed by atoms with Crippen molar-refractivity contribution in [2.24, 2.45) is 0 Å². The Morgan fingerprint density at radius 3 is 2.24 bits per heavy atom. The molecule has 2 amide bonds. The third-order valence-electron chi connectivity index (χ3n) is 5.78. The van der Waals surface area contributed by atoms with E-state index in [1.54, 1.807) is 32.0 Å². The molecule has 3 aromatic carbocycles. The van der Waals surface area contributed by atoms with Gasteiger partial charge < -0.3 is 10.2 Å². The molecule has 0 unspecified atom stereocenters. The van der Waals surface area contributed by atoms with Gasteiger partial charge in [0.25, 0.3) is 0 Å². The molecule has 0 radical (unpaired) electrons. The lowest BCUT2D eigenvalue weighted by atomic mass is 10.0. The van der Waals surface area contributed by atoms with Crippen molar-refractivity contribution in [2.75, 3.05) is 17.1 Å². The zero-order chi connectivity index (χ0) is 27.9. The molecule has 38 heavy (non-hydrogen) atoms. The third-order valence-corrected chi connectivity index (χ3v) is 7.15. The van der Waals surface area contributed by atoms with Crippen molar-refractivity contribution in [3.8, 4) is 0 Å². The predicted octanol–water partition coefficient (Wildman–Crippen LogP) is 4.41. The average Bonchev–Trinajstić information content (AvgIpc) is 2.85. The fourth-order valence-corrected chi connectivity index (χ4v) is 5.02. The lowest BCUT2D eigenvalue weighted by molar-refractivity contribution is -0.140. The summed E-state index contributed by atoms with van der Waals surface area (Å²) in [5.41, 5.74) is 1.19. The van der Waals surface area contributed by atoms with Crippen LogP contribution >= 0.6 is 11.6 Å². The summed E-state index contributed by atoms with van der Waals surface area (Å²) >= 11 is 6.08. The minimum absolute atomic E-state index is 0.148. The van der Waals surface area contributed by atoms with E-state index in [2.05, 4.69) is 5.32 Å². The summed E-state index contributed by atoms with van der Waals surface area (Å²) in [5, 5.41) is 3.14. The van der Waals surface area contributed by atoms with Crippen LogP contribution in [0.5, 0.6) is 0 Å². The fourth-order valence-electron chi connectivity index (χ4n) is 3.99. The van der Waals surface area contributed by atoms with E-state index < -0.39 is 40.2 Å². The van der Waals surface area contributed by atoms with Gasteiger partial charge in [-0.05, 0) is 43.7 Å². The average molecular weight is 560 g/mol. The molecular weight excluding hydrogens is 529 g/mol. The summed E-state index contributed by atoms with van der Waals surface area (Å²) in [6, 6.07) is 20.0. The van der Waals surface area contributed by atoms with E-state index in [-0.39, 0.29) is 30.3 Å². The van der Waals surface area contributed by atoms with Gasteiger partial charge in [-0.3, -0.25) is 13.9 Å². The number of nitrogens with one attached hydrogen (secondary N) is 1. The molecule has 10 heteroatoms. The molecule has 3 rings (SSSR count). The zero-order valence-corrected chi connectivity index (χ0v) is 23.0. The molecule has 0 bridgehead atoms. The highest BCUT2D eigenvalue weighted by molar-refractivity contribution is 7.92. The summed E-state index contributed by atoms with van der Waals surface area (Å²) in [5.74, 6) is -1.64. The van der Waals surface area contributed by atoms with Crippen LogP contribution in [-0.2, 0) is 32.6 Å². The van der Waals surface area contributed by atoms with Crippen molar-refractivity contribution in [1.82, 2.24) is 10.2 Å². The van der Waals surface area contributed by atoms with Gasteiger partial charge in [0, 0.05) is 29.6 Å². The molecule has 0 aliphatic heterocycles. The van der Waals surface area contributed by atoms with E-state index in [4.69, 9.17) is 11.6 Å². The Labute approximate surface area is 228 Å². The molecule has 3 aromatic rings. The van der Waals surface area contributed by atoms with Crippen molar-refractivity contribution < 1.29 is 22.4 Å². The van der Waals surface area contributed by atoms with Gasteiger partial charge in [-0.2, -0.15) is 0 Å². The molecule has 7 nitrogen and oxygen atoms in total. The van der Waals surface area contributed by atoms with Gasteiger partial charge >= 0.3 is 0 Å². The maximum absolute atomic E-state index is 14.7. The van der Waals surface area contributed by atoms with Crippen LogP contribution in [-0.4, -0.2) is 50.0 Å². The van der Waals surface area contributed by atoms with E-state index in [1.807, 2.05) is 30.3 Å².